The van der Waals surface area contributed by atoms with Crippen molar-refractivity contribution < 1.29 is 14.3 Å². The molecule has 0 fully saturated rings. The van der Waals surface area contributed by atoms with Gasteiger partial charge in [0.25, 0.3) is 5.91 Å². The summed E-state index contributed by atoms with van der Waals surface area (Å²) < 4.78 is 5.15. The fraction of sp³-hybridized carbons (Fsp3) is 0.235. The fourth-order valence-electron chi connectivity index (χ4n) is 1.97. The Balaban J connectivity index is 2.01. The molecule has 0 saturated heterocycles. The number of carbonyl (C=O) groups excluding carboxylic acids is 2. The van der Waals surface area contributed by atoms with Crippen LogP contribution in [-0.2, 0) is 9.53 Å². The molecule has 0 radical (unpaired) electrons. The van der Waals surface area contributed by atoms with Crippen molar-refractivity contribution in [3.8, 4) is 9.88 Å². The molecule has 0 aliphatic rings. The van der Waals surface area contributed by atoms with E-state index in [1.165, 1.54) is 16.2 Å². The zero-order chi connectivity index (χ0) is 17.5. The van der Waals surface area contributed by atoms with E-state index < -0.39 is 5.97 Å². The highest BCUT2D eigenvalue weighted by atomic mass is 32.1. The average Bonchev–Trinajstić information content (AvgIpc) is 3.21. The Morgan fingerprint density at radius 2 is 2.04 bits per heavy atom. The summed E-state index contributed by atoms with van der Waals surface area (Å²) in [5.41, 5.74) is 0.606. The quantitative estimate of drug-likeness (QED) is 0.532. The Labute approximate surface area is 148 Å². The number of thiophene rings is 1. The molecule has 7 heteroatoms. The minimum absolute atomic E-state index is 0.288. The minimum atomic E-state index is -0.529. The van der Waals surface area contributed by atoms with Crippen LogP contribution in [0.3, 0.4) is 0 Å². The van der Waals surface area contributed by atoms with Gasteiger partial charge in [0, 0.05) is 13.1 Å². The van der Waals surface area contributed by atoms with Crippen LogP contribution in [0.1, 0.15) is 15.4 Å². The number of nitrogens with zero attached hydrogens (tertiary/aromatic N) is 2. The number of esters is 1. The number of ether oxygens (including phenoxy) is 1. The maximum Gasteiger partial charge on any atom is 0.350 e. The van der Waals surface area contributed by atoms with Gasteiger partial charge in [0.05, 0.1) is 10.6 Å². The maximum atomic E-state index is 12.2. The van der Waals surface area contributed by atoms with E-state index in [4.69, 9.17) is 4.74 Å². The topological polar surface area (TPSA) is 59.5 Å². The van der Waals surface area contributed by atoms with E-state index in [9.17, 15) is 9.59 Å². The Morgan fingerprint density at radius 3 is 2.62 bits per heavy atom. The second-order valence-electron chi connectivity index (χ2n) is 4.86. The number of rotatable bonds is 8. The first-order valence-corrected chi connectivity index (χ1v) is 8.94. The monoisotopic (exact) mass is 362 g/mol. The van der Waals surface area contributed by atoms with Crippen LogP contribution in [0.4, 0.5) is 0 Å². The van der Waals surface area contributed by atoms with E-state index in [2.05, 4.69) is 18.1 Å². The summed E-state index contributed by atoms with van der Waals surface area (Å²) in [5, 5.41) is 2.73. The molecule has 0 bridgehead atoms. The maximum absolute atomic E-state index is 12.2. The van der Waals surface area contributed by atoms with Gasteiger partial charge in [-0.1, -0.05) is 18.2 Å². The summed E-state index contributed by atoms with van der Waals surface area (Å²) in [7, 11) is 0. The van der Waals surface area contributed by atoms with Crippen molar-refractivity contribution in [1.82, 2.24) is 9.88 Å². The molecule has 5 nitrogen and oxygen atoms in total. The number of carbonyl (C=O) groups is 2. The molecule has 0 aliphatic heterocycles. The van der Waals surface area contributed by atoms with Gasteiger partial charge in [-0.05, 0) is 18.4 Å². The van der Waals surface area contributed by atoms with Crippen molar-refractivity contribution in [3.05, 3.63) is 53.4 Å². The Morgan fingerprint density at radius 1 is 1.33 bits per heavy atom. The van der Waals surface area contributed by atoms with Crippen molar-refractivity contribution in [1.29, 1.82) is 0 Å². The standard InChI is InChI=1S/C17H18N2O3S2/c1-4-8-19(9-5-2)14(20)11-22-17(21)15-12(3)18-16(24-15)13-7-6-10-23-13/h4-7,10H,1-2,8-9,11H2,3H3. The SMILES string of the molecule is C=CCN(CC=C)C(=O)COC(=O)c1sc(-c2cccs2)nc1C. The van der Waals surface area contributed by atoms with Gasteiger partial charge in [-0.2, -0.15) is 0 Å². The van der Waals surface area contributed by atoms with E-state index in [1.54, 1.807) is 30.4 Å². The van der Waals surface area contributed by atoms with E-state index in [0.717, 1.165) is 9.88 Å². The number of aryl methyl sites for hydroxylation is 1. The van der Waals surface area contributed by atoms with Crippen molar-refractivity contribution in [2.24, 2.45) is 0 Å². The lowest BCUT2D eigenvalue weighted by atomic mass is 10.4. The normalized spacial score (nSPS) is 10.2. The molecule has 0 aromatic carbocycles. The van der Waals surface area contributed by atoms with E-state index >= 15 is 0 Å². The highest BCUT2D eigenvalue weighted by molar-refractivity contribution is 7.22. The molecule has 0 saturated carbocycles. The van der Waals surface area contributed by atoms with Gasteiger partial charge < -0.3 is 9.64 Å². The van der Waals surface area contributed by atoms with E-state index in [0.29, 0.717) is 23.7 Å². The second-order valence-corrected chi connectivity index (χ2v) is 6.81. The summed E-state index contributed by atoms with van der Waals surface area (Å²) in [5.74, 6) is -0.817. The zero-order valence-electron chi connectivity index (χ0n) is 13.4. The Bertz CT molecular complexity index is 725. The first-order chi connectivity index (χ1) is 11.6. The van der Waals surface area contributed by atoms with Crippen LogP contribution in [0.25, 0.3) is 9.88 Å². The predicted molar refractivity (Wildman–Crippen MR) is 97.4 cm³/mol. The number of hydrogen-bond acceptors (Lipinski definition) is 6. The molecule has 2 rings (SSSR count). The van der Waals surface area contributed by atoms with Crippen molar-refractivity contribution in [2.45, 2.75) is 6.92 Å². The molecule has 0 unspecified atom stereocenters. The summed E-state index contributed by atoms with van der Waals surface area (Å²) in [6.45, 7) is 9.41. The van der Waals surface area contributed by atoms with Crippen LogP contribution in [0.2, 0.25) is 0 Å². The van der Waals surface area contributed by atoms with Crippen LogP contribution in [0.5, 0.6) is 0 Å². The highest BCUT2D eigenvalue weighted by Crippen LogP contribution is 2.31. The van der Waals surface area contributed by atoms with E-state index in [-0.39, 0.29) is 12.5 Å². The van der Waals surface area contributed by atoms with Crippen LogP contribution >= 0.6 is 22.7 Å². The van der Waals surface area contributed by atoms with Crippen molar-refractivity contribution in [2.75, 3.05) is 19.7 Å². The molecule has 2 heterocycles. The molecule has 0 atom stereocenters. The molecule has 2 aromatic rings. The Hall–Kier alpha value is -2.25. The summed E-state index contributed by atoms with van der Waals surface area (Å²) >= 11 is 2.83. The van der Waals surface area contributed by atoms with Gasteiger partial charge in [0.2, 0.25) is 0 Å². The number of thiazole rings is 1. The first kappa shape index (κ1) is 18.1. The third-order valence-electron chi connectivity index (χ3n) is 3.09. The molecular weight excluding hydrogens is 344 g/mol. The summed E-state index contributed by atoms with van der Waals surface area (Å²) in [6, 6.07) is 3.88. The zero-order valence-corrected chi connectivity index (χ0v) is 15.0. The molecule has 126 valence electrons. The average molecular weight is 362 g/mol. The van der Waals surface area contributed by atoms with Gasteiger partial charge in [-0.25, -0.2) is 9.78 Å². The van der Waals surface area contributed by atoms with Gasteiger partial charge in [-0.15, -0.1) is 35.8 Å². The van der Waals surface area contributed by atoms with Crippen molar-refractivity contribution >= 4 is 34.6 Å². The van der Waals surface area contributed by atoms with E-state index in [1.807, 2.05) is 17.5 Å². The molecular formula is C17H18N2O3S2. The molecule has 0 N–H and O–H groups in total. The molecule has 2 aromatic heterocycles. The van der Waals surface area contributed by atoms with Gasteiger partial charge in [0.1, 0.15) is 9.88 Å². The number of amides is 1. The second kappa shape index (κ2) is 8.56. The largest absolute Gasteiger partial charge is 0.451 e. The highest BCUT2D eigenvalue weighted by Gasteiger charge is 2.20. The molecule has 0 aliphatic carbocycles. The third-order valence-corrected chi connectivity index (χ3v) is 5.27. The number of aromatic nitrogens is 1. The Kier molecular flexibility index (Phi) is 6.45. The fourth-order valence-corrected chi connectivity index (χ4v) is 3.72. The van der Waals surface area contributed by atoms with Crippen LogP contribution in [-0.4, -0.2) is 41.5 Å². The third kappa shape index (κ3) is 4.39. The van der Waals surface area contributed by atoms with Crippen molar-refractivity contribution in [3.63, 3.8) is 0 Å². The molecule has 0 spiro atoms. The van der Waals surface area contributed by atoms with Gasteiger partial charge in [-0.3, -0.25) is 4.79 Å². The lowest BCUT2D eigenvalue weighted by Gasteiger charge is -2.18. The van der Waals surface area contributed by atoms with Crippen LogP contribution in [0, 0.1) is 6.92 Å². The van der Waals surface area contributed by atoms with Gasteiger partial charge in [0.15, 0.2) is 6.61 Å². The smallest absolute Gasteiger partial charge is 0.350 e. The minimum Gasteiger partial charge on any atom is -0.451 e. The summed E-state index contributed by atoms with van der Waals surface area (Å²) in [6.07, 6.45) is 3.23. The van der Waals surface area contributed by atoms with Gasteiger partial charge >= 0.3 is 5.97 Å². The summed E-state index contributed by atoms with van der Waals surface area (Å²) in [4.78, 5) is 31.6. The molecule has 24 heavy (non-hydrogen) atoms. The first-order valence-electron chi connectivity index (χ1n) is 7.24. The number of hydrogen-bond donors (Lipinski definition) is 0. The lowest BCUT2D eigenvalue weighted by Crippen LogP contribution is -2.34. The lowest BCUT2D eigenvalue weighted by molar-refractivity contribution is -0.133. The predicted octanol–water partition coefficient (Wildman–Crippen LogP) is 3.54. The molecule has 1 amide bonds. The van der Waals surface area contributed by atoms with Crippen LogP contribution < -0.4 is 0 Å². The van der Waals surface area contributed by atoms with Crippen LogP contribution in [0.15, 0.2) is 42.8 Å².